The van der Waals surface area contributed by atoms with Crippen molar-refractivity contribution >= 4 is 6.08 Å². The first-order chi connectivity index (χ1) is 9.20. The Morgan fingerprint density at radius 2 is 1.89 bits per heavy atom. The molecule has 0 aliphatic heterocycles. The molecule has 1 saturated carbocycles. The smallest absolute Gasteiger partial charge is 0.235 e. The van der Waals surface area contributed by atoms with Gasteiger partial charge in [-0.2, -0.15) is 4.99 Å². The maximum Gasteiger partial charge on any atom is 0.235 e. The first kappa shape index (κ1) is 13.6. The van der Waals surface area contributed by atoms with Crippen molar-refractivity contribution in [3.05, 3.63) is 23.3 Å². The molecule has 1 aliphatic carbocycles. The van der Waals surface area contributed by atoms with Gasteiger partial charge in [0.1, 0.15) is 17.0 Å². The van der Waals surface area contributed by atoms with Gasteiger partial charge in [-0.25, -0.2) is 4.79 Å². The summed E-state index contributed by atoms with van der Waals surface area (Å²) >= 11 is 0. The first-order valence-electron chi connectivity index (χ1n) is 6.04. The van der Waals surface area contributed by atoms with Crippen LogP contribution < -0.4 is 9.47 Å². The lowest BCUT2D eigenvalue weighted by Crippen LogP contribution is -2.07. The standard InChI is InChI=1S/C14H17NO4/c1-17-8-10-6-13(19-3)11(7-12(10)18-2)14(4-5-14)15-9-16/h6-7H,4-5,8H2,1-3H3. The molecule has 1 fully saturated rings. The van der Waals surface area contributed by atoms with Crippen LogP contribution in [0.1, 0.15) is 24.0 Å². The van der Waals surface area contributed by atoms with Crippen molar-refractivity contribution < 1.29 is 19.0 Å². The van der Waals surface area contributed by atoms with E-state index in [1.807, 2.05) is 12.1 Å². The van der Waals surface area contributed by atoms with E-state index in [0.717, 1.165) is 24.0 Å². The number of hydrogen-bond donors (Lipinski definition) is 0. The average molecular weight is 263 g/mol. The van der Waals surface area contributed by atoms with Gasteiger partial charge in [-0.1, -0.05) is 0 Å². The predicted molar refractivity (Wildman–Crippen MR) is 69.3 cm³/mol. The van der Waals surface area contributed by atoms with Crippen LogP contribution in [0.2, 0.25) is 0 Å². The number of isocyanates is 1. The van der Waals surface area contributed by atoms with Crippen molar-refractivity contribution in [1.29, 1.82) is 0 Å². The minimum atomic E-state index is -0.480. The summed E-state index contributed by atoms with van der Waals surface area (Å²) in [6.07, 6.45) is 3.30. The number of rotatable bonds is 6. The van der Waals surface area contributed by atoms with E-state index in [0.29, 0.717) is 18.1 Å². The fourth-order valence-electron chi connectivity index (χ4n) is 2.24. The molecule has 0 saturated heterocycles. The van der Waals surface area contributed by atoms with E-state index >= 15 is 0 Å². The van der Waals surface area contributed by atoms with E-state index < -0.39 is 5.54 Å². The van der Waals surface area contributed by atoms with E-state index in [1.165, 1.54) is 0 Å². The van der Waals surface area contributed by atoms with Crippen molar-refractivity contribution in [2.45, 2.75) is 25.0 Å². The highest BCUT2D eigenvalue weighted by molar-refractivity contribution is 5.53. The maximum absolute atomic E-state index is 10.6. The maximum atomic E-state index is 10.6. The summed E-state index contributed by atoms with van der Waals surface area (Å²) in [5.41, 5.74) is 1.29. The second-order valence-electron chi connectivity index (χ2n) is 4.53. The van der Waals surface area contributed by atoms with Crippen LogP contribution >= 0.6 is 0 Å². The summed E-state index contributed by atoms with van der Waals surface area (Å²) in [7, 11) is 4.83. The Balaban J connectivity index is 2.51. The van der Waals surface area contributed by atoms with Gasteiger partial charge in [0.2, 0.25) is 6.08 Å². The molecule has 0 bridgehead atoms. The van der Waals surface area contributed by atoms with Gasteiger partial charge >= 0.3 is 0 Å². The molecule has 0 amide bonds. The SMILES string of the molecule is COCc1cc(OC)c(C2(N=C=O)CC2)cc1OC. The molecule has 0 N–H and O–H groups in total. The molecule has 0 radical (unpaired) electrons. The molecule has 1 aromatic carbocycles. The molecular weight excluding hydrogens is 246 g/mol. The summed E-state index contributed by atoms with van der Waals surface area (Å²) in [5, 5.41) is 0. The van der Waals surface area contributed by atoms with Gasteiger partial charge in [0, 0.05) is 18.2 Å². The molecule has 0 unspecified atom stereocenters. The largest absolute Gasteiger partial charge is 0.496 e. The Bertz CT molecular complexity index is 516. The number of methoxy groups -OCH3 is 3. The Kier molecular flexibility index (Phi) is 3.88. The number of carbonyl (C=O) groups excluding carboxylic acids is 1. The highest BCUT2D eigenvalue weighted by Gasteiger charge is 2.47. The number of benzene rings is 1. The predicted octanol–water partition coefficient (Wildman–Crippen LogP) is 2.18. The van der Waals surface area contributed by atoms with Gasteiger partial charge in [0.05, 0.1) is 20.8 Å². The number of aliphatic imine (C=N–C) groups is 1. The van der Waals surface area contributed by atoms with Gasteiger partial charge < -0.3 is 14.2 Å². The molecule has 0 aromatic heterocycles. The van der Waals surface area contributed by atoms with Crippen LogP contribution in [0.5, 0.6) is 11.5 Å². The van der Waals surface area contributed by atoms with Crippen LogP contribution in [0.3, 0.4) is 0 Å². The molecule has 0 heterocycles. The molecule has 19 heavy (non-hydrogen) atoms. The molecule has 5 nitrogen and oxygen atoms in total. The van der Waals surface area contributed by atoms with Crippen LogP contribution in [-0.4, -0.2) is 27.4 Å². The van der Waals surface area contributed by atoms with Crippen molar-refractivity contribution in [3.8, 4) is 11.5 Å². The van der Waals surface area contributed by atoms with Crippen LogP contribution in [0, 0.1) is 0 Å². The van der Waals surface area contributed by atoms with Gasteiger partial charge in [-0.3, -0.25) is 0 Å². The van der Waals surface area contributed by atoms with Crippen LogP contribution in [0.4, 0.5) is 0 Å². The Labute approximate surface area is 112 Å². The molecule has 0 spiro atoms. The fourth-order valence-corrected chi connectivity index (χ4v) is 2.24. The third-order valence-corrected chi connectivity index (χ3v) is 3.39. The zero-order valence-corrected chi connectivity index (χ0v) is 11.4. The van der Waals surface area contributed by atoms with E-state index in [1.54, 1.807) is 27.4 Å². The summed E-state index contributed by atoms with van der Waals surface area (Å²) in [6.45, 7) is 0.434. The van der Waals surface area contributed by atoms with E-state index in [9.17, 15) is 4.79 Å². The average Bonchev–Trinajstić information content (AvgIpc) is 3.19. The van der Waals surface area contributed by atoms with E-state index in [2.05, 4.69) is 4.99 Å². The van der Waals surface area contributed by atoms with Crippen molar-refractivity contribution in [2.24, 2.45) is 4.99 Å². The van der Waals surface area contributed by atoms with Gasteiger partial charge in [0.25, 0.3) is 0 Å². The topological polar surface area (TPSA) is 57.1 Å². The molecule has 102 valence electrons. The molecular formula is C14H17NO4. The monoisotopic (exact) mass is 263 g/mol. The van der Waals surface area contributed by atoms with Gasteiger partial charge in [0.15, 0.2) is 0 Å². The molecule has 1 aromatic rings. The Morgan fingerprint density at radius 1 is 1.21 bits per heavy atom. The van der Waals surface area contributed by atoms with Gasteiger partial charge in [-0.15, -0.1) is 0 Å². The summed E-state index contributed by atoms with van der Waals surface area (Å²) in [4.78, 5) is 14.5. The molecule has 0 atom stereocenters. The Hall–Kier alpha value is -1.84. The highest BCUT2D eigenvalue weighted by atomic mass is 16.5. The third-order valence-electron chi connectivity index (χ3n) is 3.39. The van der Waals surface area contributed by atoms with Gasteiger partial charge in [-0.05, 0) is 25.0 Å². The molecule has 1 aliphatic rings. The lowest BCUT2D eigenvalue weighted by atomic mass is 10.0. The number of ether oxygens (including phenoxy) is 3. The Morgan fingerprint density at radius 3 is 2.37 bits per heavy atom. The van der Waals surface area contributed by atoms with Crippen molar-refractivity contribution in [2.75, 3.05) is 21.3 Å². The van der Waals surface area contributed by atoms with Crippen LogP contribution in [0.15, 0.2) is 17.1 Å². The highest BCUT2D eigenvalue weighted by Crippen LogP contribution is 2.53. The lowest BCUT2D eigenvalue weighted by Gasteiger charge is -2.17. The van der Waals surface area contributed by atoms with Crippen molar-refractivity contribution in [1.82, 2.24) is 0 Å². The van der Waals surface area contributed by atoms with E-state index in [4.69, 9.17) is 14.2 Å². The number of nitrogens with zero attached hydrogens (tertiary/aromatic N) is 1. The summed E-state index contributed by atoms with van der Waals surface area (Å²) < 4.78 is 15.9. The third kappa shape index (κ3) is 2.48. The number of hydrogen-bond acceptors (Lipinski definition) is 5. The quantitative estimate of drug-likeness (QED) is 0.583. The summed E-state index contributed by atoms with van der Waals surface area (Å²) in [6, 6.07) is 3.75. The minimum Gasteiger partial charge on any atom is -0.496 e. The molecule has 5 heteroatoms. The second kappa shape index (κ2) is 5.43. The zero-order valence-electron chi connectivity index (χ0n) is 11.4. The molecule has 2 rings (SSSR count). The fraction of sp³-hybridized carbons (Fsp3) is 0.500. The van der Waals surface area contributed by atoms with Crippen molar-refractivity contribution in [3.63, 3.8) is 0 Å². The second-order valence-corrected chi connectivity index (χ2v) is 4.53. The lowest BCUT2D eigenvalue weighted by molar-refractivity contribution is 0.181. The van der Waals surface area contributed by atoms with E-state index in [-0.39, 0.29) is 0 Å². The normalized spacial score (nSPS) is 15.5. The summed E-state index contributed by atoms with van der Waals surface area (Å²) in [5.74, 6) is 1.41. The minimum absolute atomic E-state index is 0.434. The first-order valence-corrected chi connectivity index (χ1v) is 6.04. The zero-order chi connectivity index (χ0) is 13.9. The van der Waals surface area contributed by atoms with Crippen LogP contribution in [-0.2, 0) is 21.7 Å². The van der Waals surface area contributed by atoms with Crippen LogP contribution in [0.25, 0.3) is 0 Å².